The number of hydrogen-bond acceptors (Lipinski definition) is 3. The van der Waals surface area contributed by atoms with Crippen molar-refractivity contribution in [1.82, 2.24) is 4.98 Å². The maximum Gasteiger partial charge on any atom is 0.230 e. The summed E-state index contributed by atoms with van der Waals surface area (Å²) in [5, 5.41) is 0. The molecule has 0 unspecified atom stereocenters. The smallest absolute Gasteiger partial charge is 0.230 e. The van der Waals surface area contributed by atoms with E-state index in [9.17, 15) is 4.79 Å². The van der Waals surface area contributed by atoms with Crippen LogP contribution in [0.25, 0.3) is 0 Å². The van der Waals surface area contributed by atoms with Gasteiger partial charge in [-0.05, 0) is 31.4 Å². The highest BCUT2D eigenvalue weighted by molar-refractivity contribution is 5.98. The van der Waals surface area contributed by atoms with Gasteiger partial charge in [-0.1, -0.05) is 0 Å². The molecular weight excluding hydrogens is 190 g/mol. The summed E-state index contributed by atoms with van der Waals surface area (Å²) in [5.41, 5.74) is 6.41. The minimum Gasteiger partial charge on any atom is -0.384 e. The van der Waals surface area contributed by atoms with Crippen LogP contribution in [-0.4, -0.2) is 16.9 Å². The number of anilines is 2. The molecule has 4 nitrogen and oxygen atoms in total. The number of pyridine rings is 1. The summed E-state index contributed by atoms with van der Waals surface area (Å²) in [5.74, 6) is 1.01. The molecule has 2 heterocycles. The van der Waals surface area contributed by atoms with E-state index in [0.29, 0.717) is 11.9 Å². The van der Waals surface area contributed by atoms with E-state index in [1.807, 2.05) is 11.0 Å². The maximum absolute atomic E-state index is 11.9. The van der Waals surface area contributed by atoms with Crippen molar-refractivity contribution in [1.29, 1.82) is 0 Å². The van der Waals surface area contributed by atoms with E-state index in [4.69, 9.17) is 5.73 Å². The molecule has 1 aliphatic carbocycles. The molecule has 2 N–H and O–H groups in total. The second-order valence-electron chi connectivity index (χ2n) is 4.31. The van der Waals surface area contributed by atoms with E-state index in [-0.39, 0.29) is 11.8 Å². The molecule has 1 amide bonds. The molecule has 4 heteroatoms. The first-order valence-corrected chi connectivity index (χ1v) is 5.30. The number of nitrogens with zero attached hydrogens (tertiary/aromatic N) is 2. The summed E-state index contributed by atoms with van der Waals surface area (Å²) in [4.78, 5) is 17.8. The molecule has 1 aromatic heterocycles. The third-order valence-electron chi connectivity index (χ3n) is 3.41. The summed E-state index contributed by atoms with van der Waals surface area (Å²) in [6.45, 7) is 0. The average molecular weight is 203 g/mol. The van der Waals surface area contributed by atoms with Crippen molar-refractivity contribution in [3.63, 3.8) is 0 Å². The van der Waals surface area contributed by atoms with Gasteiger partial charge in [0.2, 0.25) is 5.91 Å². The first-order chi connectivity index (χ1) is 7.25. The number of piperidine rings is 1. The average Bonchev–Trinajstić information content (AvgIpc) is 2.80. The number of fused-ring (bicyclic) bond motifs is 2. The highest BCUT2D eigenvalue weighted by Gasteiger charge is 2.45. The molecule has 1 aliphatic heterocycles. The van der Waals surface area contributed by atoms with Gasteiger partial charge < -0.3 is 10.6 Å². The number of aromatic nitrogens is 1. The van der Waals surface area contributed by atoms with Crippen LogP contribution in [0.4, 0.5) is 11.5 Å². The molecule has 0 radical (unpaired) electrons. The van der Waals surface area contributed by atoms with Crippen LogP contribution in [0.2, 0.25) is 0 Å². The Labute approximate surface area is 88.1 Å². The lowest BCUT2D eigenvalue weighted by Gasteiger charge is -2.26. The van der Waals surface area contributed by atoms with Crippen molar-refractivity contribution in [2.45, 2.75) is 25.3 Å². The second-order valence-corrected chi connectivity index (χ2v) is 4.31. The van der Waals surface area contributed by atoms with Gasteiger partial charge in [-0.15, -0.1) is 0 Å². The lowest BCUT2D eigenvalue weighted by atomic mass is 10.1. The van der Waals surface area contributed by atoms with Gasteiger partial charge in [-0.2, -0.15) is 0 Å². The van der Waals surface area contributed by atoms with Crippen molar-refractivity contribution in [3.05, 3.63) is 18.3 Å². The quantitative estimate of drug-likeness (QED) is 0.745. The van der Waals surface area contributed by atoms with E-state index in [0.717, 1.165) is 24.9 Å². The van der Waals surface area contributed by atoms with Crippen LogP contribution in [0.5, 0.6) is 0 Å². The van der Waals surface area contributed by atoms with E-state index in [1.54, 1.807) is 12.3 Å². The molecule has 0 spiro atoms. The molecule has 15 heavy (non-hydrogen) atoms. The Hall–Kier alpha value is -1.58. The Balaban J connectivity index is 1.94. The fraction of sp³-hybridized carbons (Fsp3) is 0.455. The zero-order valence-corrected chi connectivity index (χ0v) is 8.39. The number of nitrogens with two attached hydrogens (primary N) is 1. The lowest BCUT2D eigenvalue weighted by Crippen LogP contribution is -2.36. The molecule has 78 valence electrons. The molecule has 0 aromatic carbocycles. The zero-order chi connectivity index (χ0) is 10.4. The third kappa shape index (κ3) is 1.21. The van der Waals surface area contributed by atoms with Crippen LogP contribution < -0.4 is 10.6 Å². The van der Waals surface area contributed by atoms with Crippen LogP contribution in [0.3, 0.4) is 0 Å². The first-order valence-electron chi connectivity index (χ1n) is 5.30. The molecular formula is C11H13N3O. The van der Waals surface area contributed by atoms with Crippen molar-refractivity contribution < 1.29 is 4.79 Å². The van der Waals surface area contributed by atoms with Crippen LogP contribution in [-0.2, 0) is 4.79 Å². The summed E-state index contributed by atoms with van der Waals surface area (Å²) < 4.78 is 0. The molecule has 2 bridgehead atoms. The number of carbonyl (C=O) groups is 1. The Kier molecular flexibility index (Phi) is 1.71. The van der Waals surface area contributed by atoms with Gasteiger partial charge in [0.25, 0.3) is 0 Å². The van der Waals surface area contributed by atoms with Gasteiger partial charge in [0, 0.05) is 12.0 Å². The third-order valence-corrected chi connectivity index (χ3v) is 3.41. The summed E-state index contributed by atoms with van der Waals surface area (Å²) >= 11 is 0. The van der Waals surface area contributed by atoms with Gasteiger partial charge >= 0.3 is 0 Å². The summed E-state index contributed by atoms with van der Waals surface area (Å²) in [7, 11) is 0. The van der Waals surface area contributed by atoms with Crippen LogP contribution in [0.15, 0.2) is 18.3 Å². The predicted molar refractivity (Wildman–Crippen MR) is 57.3 cm³/mol. The SMILES string of the molecule is Nc1ccc(N2C(=O)[C@@H]3CC[C@H]2C3)cn1. The van der Waals surface area contributed by atoms with E-state index in [2.05, 4.69) is 4.98 Å². The van der Waals surface area contributed by atoms with Crippen molar-refractivity contribution in [3.8, 4) is 0 Å². The van der Waals surface area contributed by atoms with Gasteiger partial charge in [-0.25, -0.2) is 4.98 Å². The largest absolute Gasteiger partial charge is 0.384 e. The second kappa shape index (κ2) is 2.95. The lowest BCUT2D eigenvalue weighted by molar-refractivity contribution is -0.121. The Morgan fingerprint density at radius 1 is 1.40 bits per heavy atom. The number of rotatable bonds is 1. The molecule has 1 saturated heterocycles. The minimum atomic E-state index is 0.257. The van der Waals surface area contributed by atoms with Crippen molar-refractivity contribution in [2.24, 2.45) is 5.92 Å². The normalized spacial score (nSPS) is 28.8. The van der Waals surface area contributed by atoms with Gasteiger partial charge in [0.1, 0.15) is 5.82 Å². The predicted octanol–water partition coefficient (Wildman–Crippen LogP) is 1.18. The topological polar surface area (TPSA) is 59.2 Å². The molecule has 2 aliphatic rings. The molecule has 2 atom stereocenters. The van der Waals surface area contributed by atoms with Crippen molar-refractivity contribution >= 4 is 17.4 Å². The van der Waals surface area contributed by atoms with Crippen LogP contribution in [0, 0.1) is 5.92 Å². The van der Waals surface area contributed by atoms with Gasteiger partial charge in [0.15, 0.2) is 0 Å². The Morgan fingerprint density at radius 3 is 2.87 bits per heavy atom. The van der Waals surface area contributed by atoms with Gasteiger partial charge in [0.05, 0.1) is 11.9 Å². The standard InChI is InChI=1S/C11H13N3O/c12-10-4-3-9(6-13-10)14-8-2-1-7(5-8)11(14)15/h3-4,6-8H,1-2,5H2,(H2,12,13)/t7-,8+/m1/s1. The molecule has 3 rings (SSSR count). The van der Waals surface area contributed by atoms with E-state index in [1.165, 1.54) is 0 Å². The molecule has 1 aromatic rings. The highest BCUT2D eigenvalue weighted by atomic mass is 16.2. The van der Waals surface area contributed by atoms with E-state index < -0.39 is 0 Å². The zero-order valence-electron chi connectivity index (χ0n) is 8.39. The number of hydrogen-bond donors (Lipinski definition) is 1. The highest BCUT2D eigenvalue weighted by Crippen LogP contribution is 2.40. The number of carbonyl (C=O) groups excluding carboxylic acids is 1. The Bertz CT molecular complexity index is 401. The summed E-state index contributed by atoms with van der Waals surface area (Å²) in [6, 6.07) is 4.02. The Morgan fingerprint density at radius 2 is 2.27 bits per heavy atom. The minimum absolute atomic E-state index is 0.257. The van der Waals surface area contributed by atoms with Crippen molar-refractivity contribution in [2.75, 3.05) is 10.6 Å². The maximum atomic E-state index is 11.9. The fourth-order valence-electron chi connectivity index (χ4n) is 2.67. The van der Waals surface area contributed by atoms with Gasteiger partial charge in [-0.3, -0.25) is 4.79 Å². The first kappa shape index (κ1) is 8.71. The monoisotopic (exact) mass is 203 g/mol. The molecule has 2 fully saturated rings. The summed E-state index contributed by atoms with van der Waals surface area (Å²) in [6.07, 6.45) is 4.89. The fourth-order valence-corrected chi connectivity index (χ4v) is 2.67. The molecule has 1 saturated carbocycles. The van der Waals surface area contributed by atoms with Crippen LogP contribution in [0.1, 0.15) is 19.3 Å². The van der Waals surface area contributed by atoms with E-state index >= 15 is 0 Å². The van der Waals surface area contributed by atoms with Crippen LogP contribution >= 0.6 is 0 Å². The number of amides is 1. The number of nitrogen functional groups attached to an aromatic ring is 1.